The van der Waals surface area contributed by atoms with Gasteiger partial charge in [0.05, 0.1) is 0 Å². The van der Waals surface area contributed by atoms with Gasteiger partial charge in [-0.2, -0.15) is 0 Å². The monoisotopic (exact) mass is 567 g/mol. The van der Waals surface area contributed by atoms with E-state index in [0.29, 0.717) is 0 Å². The van der Waals surface area contributed by atoms with E-state index in [2.05, 4.69) is 157 Å². The van der Waals surface area contributed by atoms with Crippen molar-refractivity contribution in [3.05, 3.63) is 152 Å². The first-order valence-corrected chi connectivity index (χ1v) is 15.3. The minimum absolute atomic E-state index is 0.926. The van der Waals surface area contributed by atoms with E-state index in [-0.39, 0.29) is 0 Å². The molecule has 0 amide bonds. The van der Waals surface area contributed by atoms with Crippen molar-refractivity contribution >= 4 is 81.3 Å². The second kappa shape index (κ2) is 9.59. The smallest absolute Gasteiger partial charge is 0.145 e. The molecule has 0 aliphatic rings. The normalized spacial score (nSPS) is 11.7. The van der Waals surface area contributed by atoms with Crippen molar-refractivity contribution in [2.75, 3.05) is 4.90 Å². The molecule has 0 aliphatic heterocycles. The molecule has 0 bridgehead atoms. The lowest BCUT2D eigenvalue weighted by atomic mass is 9.99. The lowest BCUT2D eigenvalue weighted by molar-refractivity contribution is 0.673. The standard InChI is InChI=1S/C40H25NOS/c1-3-11-26(12-4-1)27-19-21-29(22-20-27)41(28-13-5-2-6-14-28)30-23-24-31-34(25-30)40-38(33-16-8-10-18-36(33)43-40)39-37(31)32-15-7-9-17-35(32)42-39/h1-25H. The van der Waals surface area contributed by atoms with Crippen LogP contribution < -0.4 is 4.90 Å². The summed E-state index contributed by atoms with van der Waals surface area (Å²) in [5.74, 6) is 0. The van der Waals surface area contributed by atoms with Gasteiger partial charge in [-0.3, -0.25) is 0 Å². The molecule has 0 atom stereocenters. The van der Waals surface area contributed by atoms with Crippen molar-refractivity contribution in [1.29, 1.82) is 0 Å². The maximum Gasteiger partial charge on any atom is 0.145 e. The van der Waals surface area contributed by atoms with Crippen LogP contribution in [0.4, 0.5) is 17.1 Å². The van der Waals surface area contributed by atoms with Crippen LogP contribution in [-0.4, -0.2) is 0 Å². The van der Waals surface area contributed by atoms with Gasteiger partial charge in [-0.15, -0.1) is 11.3 Å². The Kier molecular flexibility index (Phi) is 5.40. The van der Waals surface area contributed by atoms with Crippen LogP contribution in [0.5, 0.6) is 0 Å². The SMILES string of the molecule is c1ccc(-c2ccc(N(c3ccccc3)c3ccc4c(c3)c3sc5ccccc5c3c3oc5ccccc5c43)cc2)cc1. The molecule has 0 N–H and O–H groups in total. The lowest BCUT2D eigenvalue weighted by Crippen LogP contribution is -2.09. The van der Waals surface area contributed by atoms with E-state index in [0.717, 1.165) is 33.6 Å². The van der Waals surface area contributed by atoms with Crippen LogP contribution in [0.1, 0.15) is 0 Å². The highest BCUT2D eigenvalue weighted by atomic mass is 32.1. The van der Waals surface area contributed by atoms with Crippen molar-refractivity contribution in [2.45, 2.75) is 0 Å². The molecule has 0 radical (unpaired) electrons. The van der Waals surface area contributed by atoms with Crippen molar-refractivity contribution in [2.24, 2.45) is 0 Å². The van der Waals surface area contributed by atoms with Gasteiger partial charge in [-0.1, -0.05) is 103 Å². The predicted octanol–water partition coefficient (Wildman–Crippen LogP) is 12.2. The quantitative estimate of drug-likeness (QED) is 0.210. The van der Waals surface area contributed by atoms with Gasteiger partial charge in [0.1, 0.15) is 11.2 Å². The van der Waals surface area contributed by atoms with Crippen LogP contribution in [0.3, 0.4) is 0 Å². The van der Waals surface area contributed by atoms with Crippen molar-refractivity contribution in [3.8, 4) is 11.1 Å². The van der Waals surface area contributed by atoms with Gasteiger partial charge in [-0.25, -0.2) is 0 Å². The molecular weight excluding hydrogens is 543 g/mol. The minimum Gasteiger partial charge on any atom is -0.455 e. The summed E-state index contributed by atoms with van der Waals surface area (Å²) in [6, 6.07) is 54.1. The van der Waals surface area contributed by atoms with E-state index in [1.54, 1.807) is 0 Å². The van der Waals surface area contributed by atoms with Crippen LogP contribution in [-0.2, 0) is 0 Å². The van der Waals surface area contributed by atoms with Gasteiger partial charge >= 0.3 is 0 Å². The van der Waals surface area contributed by atoms with Gasteiger partial charge in [0.25, 0.3) is 0 Å². The molecule has 0 spiro atoms. The van der Waals surface area contributed by atoms with Crippen LogP contribution in [0.2, 0.25) is 0 Å². The second-order valence-corrected chi connectivity index (χ2v) is 12.0. The number of rotatable bonds is 4. The van der Waals surface area contributed by atoms with Crippen LogP contribution >= 0.6 is 11.3 Å². The predicted molar refractivity (Wildman–Crippen MR) is 184 cm³/mol. The van der Waals surface area contributed by atoms with Gasteiger partial charge in [-0.05, 0) is 65.0 Å². The average molecular weight is 568 g/mol. The molecule has 202 valence electrons. The summed E-state index contributed by atoms with van der Waals surface area (Å²) >= 11 is 1.85. The Morgan fingerprint density at radius 3 is 1.88 bits per heavy atom. The highest BCUT2D eigenvalue weighted by Crippen LogP contribution is 2.48. The Bertz CT molecular complexity index is 2440. The fourth-order valence-electron chi connectivity index (χ4n) is 6.48. The molecular formula is C40H25NOS. The number of hydrogen-bond donors (Lipinski definition) is 0. The number of para-hydroxylation sites is 2. The number of thiophene rings is 1. The van der Waals surface area contributed by atoms with Crippen molar-refractivity contribution in [3.63, 3.8) is 0 Å². The van der Waals surface area contributed by atoms with Crippen LogP contribution in [0.15, 0.2) is 156 Å². The van der Waals surface area contributed by atoms with Crippen LogP contribution in [0.25, 0.3) is 64.0 Å². The fourth-order valence-corrected chi connectivity index (χ4v) is 7.71. The van der Waals surface area contributed by atoms with Crippen LogP contribution in [0, 0.1) is 0 Å². The van der Waals surface area contributed by atoms with E-state index in [4.69, 9.17) is 4.42 Å². The second-order valence-electron chi connectivity index (χ2n) is 10.9. The fraction of sp³-hybridized carbons (Fsp3) is 0. The third kappa shape index (κ3) is 3.79. The Hall–Kier alpha value is -5.38. The van der Waals surface area contributed by atoms with E-state index in [1.807, 2.05) is 11.3 Å². The summed E-state index contributed by atoms with van der Waals surface area (Å²) in [5.41, 5.74) is 7.69. The topological polar surface area (TPSA) is 16.4 Å². The maximum absolute atomic E-state index is 6.60. The van der Waals surface area contributed by atoms with Gasteiger partial charge in [0.2, 0.25) is 0 Å². The maximum atomic E-state index is 6.60. The van der Waals surface area contributed by atoms with E-state index >= 15 is 0 Å². The van der Waals surface area contributed by atoms with E-state index in [9.17, 15) is 0 Å². The van der Waals surface area contributed by atoms with E-state index < -0.39 is 0 Å². The Balaban J connectivity index is 1.32. The summed E-state index contributed by atoms with van der Waals surface area (Å²) in [6.45, 7) is 0. The largest absolute Gasteiger partial charge is 0.455 e. The molecule has 2 aromatic heterocycles. The summed E-state index contributed by atoms with van der Waals surface area (Å²) in [7, 11) is 0. The van der Waals surface area contributed by atoms with Gasteiger partial charge in [0.15, 0.2) is 0 Å². The molecule has 0 saturated carbocycles. The highest BCUT2D eigenvalue weighted by molar-refractivity contribution is 7.27. The number of hydrogen-bond acceptors (Lipinski definition) is 3. The molecule has 7 aromatic carbocycles. The molecule has 0 unspecified atom stereocenters. The molecule has 3 heteroatoms. The number of nitrogens with zero attached hydrogens (tertiary/aromatic N) is 1. The number of anilines is 3. The summed E-state index contributed by atoms with van der Waals surface area (Å²) in [4.78, 5) is 2.35. The molecule has 0 fully saturated rings. The molecule has 9 aromatic rings. The number of fused-ring (bicyclic) bond motifs is 10. The average Bonchev–Trinajstić information content (AvgIpc) is 3.66. The first-order chi connectivity index (χ1) is 21.3. The molecule has 0 aliphatic carbocycles. The first-order valence-electron chi connectivity index (χ1n) is 14.5. The van der Waals surface area contributed by atoms with Crippen molar-refractivity contribution < 1.29 is 4.42 Å². The summed E-state index contributed by atoms with van der Waals surface area (Å²) < 4.78 is 9.13. The zero-order valence-electron chi connectivity index (χ0n) is 23.2. The first kappa shape index (κ1) is 24.2. The number of furan rings is 1. The highest BCUT2D eigenvalue weighted by Gasteiger charge is 2.21. The van der Waals surface area contributed by atoms with Gasteiger partial charge in [0, 0.05) is 53.4 Å². The van der Waals surface area contributed by atoms with Crippen molar-refractivity contribution in [1.82, 2.24) is 0 Å². The summed E-state index contributed by atoms with van der Waals surface area (Å²) in [6.07, 6.45) is 0. The third-order valence-electron chi connectivity index (χ3n) is 8.44. The molecule has 9 rings (SSSR count). The molecule has 43 heavy (non-hydrogen) atoms. The summed E-state index contributed by atoms with van der Waals surface area (Å²) in [5, 5.41) is 7.26. The zero-order valence-corrected chi connectivity index (χ0v) is 24.0. The van der Waals surface area contributed by atoms with E-state index in [1.165, 1.54) is 47.5 Å². The molecule has 2 heterocycles. The Labute approximate surface area is 252 Å². The Morgan fingerprint density at radius 2 is 1.07 bits per heavy atom. The minimum atomic E-state index is 0.926. The lowest BCUT2D eigenvalue weighted by Gasteiger charge is -2.26. The Morgan fingerprint density at radius 1 is 0.442 bits per heavy atom. The van der Waals surface area contributed by atoms with Gasteiger partial charge < -0.3 is 9.32 Å². The zero-order chi connectivity index (χ0) is 28.3. The molecule has 2 nitrogen and oxygen atoms in total. The third-order valence-corrected chi connectivity index (χ3v) is 9.64. The number of benzene rings is 7. The molecule has 0 saturated heterocycles.